The molecule has 1 N–H and O–H groups in total. The maximum Gasteiger partial charge on any atom is 0.204 e. The van der Waals surface area contributed by atoms with Crippen LogP contribution >= 0.6 is 0 Å². The van der Waals surface area contributed by atoms with Gasteiger partial charge in [-0.15, -0.1) is 0 Å². The van der Waals surface area contributed by atoms with E-state index in [4.69, 9.17) is 23.7 Å². The smallest absolute Gasteiger partial charge is 0.204 e. The number of hydrogen-bond acceptors (Lipinski definition) is 7. The van der Waals surface area contributed by atoms with Crippen LogP contribution in [0.5, 0.6) is 17.2 Å². The molecule has 2 aliphatic rings. The van der Waals surface area contributed by atoms with Gasteiger partial charge in [0.1, 0.15) is 24.1 Å². The van der Waals surface area contributed by atoms with Crippen LogP contribution in [0, 0.1) is 0 Å². The van der Waals surface area contributed by atoms with Crippen molar-refractivity contribution in [1.82, 2.24) is 9.55 Å². The van der Waals surface area contributed by atoms with E-state index in [9.17, 15) is 5.11 Å². The minimum atomic E-state index is -0.590. The molecule has 0 radical (unpaired) electrons. The van der Waals surface area contributed by atoms with Gasteiger partial charge in [-0.1, -0.05) is 0 Å². The van der Waals surface area contributed by atoms with Crippen LogP contribution in [-0.4, -0.2) is 67.5 Å². The molecule has 1 aromatic carbocycles. The predicted octanol–water partition coefficient (Wildman–Crippen LogP) is 1.28. The lowest BCUT2D eigenvalue weighted by molar-refractivity contribution is 0.0172. The molecule has 8 nitrogen and oxygen atoms in total. The Balaban J connectivity index is 1.76. The number of benzene rings is 1. The van der Waals surface area contributed by atoms with Crippen molar-refractivity contribution in [2.75, 3.05) is 34.5 Å². The molecule has 1 aromatic heterocycles. The number of aliphatic hydroxyl groups excluding tert-OH is 1. The van der Waals surface area contributed by atoms with Crippen LogP contribution in [0.2, 0.25) is 0 Å². The zero-order valence-corrected chi connectivity index (χ0v) is 14.9. The van der Waals surface area contributed by atoms with Gasteiger partial charge in [-0.2, -0.15) is 0 Å². The van der Waals surface area contributed by atoms with E-state index in [0.717, 1.165) is 5.56 Å². The molecule has 2 aromatic rings. The van der Waals surface area contributed by atoms with Crippen molar-refractivity contribution in [1.29, 1.82) is 0 Å². The molecule has 0 saturated carbocycles. The zero-order valence-electron chi connectivity index (χ0n) is 14.9. The van der Waals surface area contributed by atoms with Gasteiger partial charge < -0.3 is 33.4 Å². The number of aliphatic hydroxyl groups is 1. The lowest BCUT2D eigenvalue weighted by Crippen LogP contribution is -2.30. The Hall–Kier alpha value is -2.29. The van der Waals surface area contributed by atoms with E-state index in [1.165, 1.54) is 0 Å². The first-order chi connectivity index (χ1) is 12.7. The molecule has 0 aliphatic carbocycles. The molecule has 26 heavy (non-hydrogen) atoms. The Kier molecular flexibility index (Phi) is 4.47. The Labute approximate surface area is 151 Å². The van der Waals surface area contributed by atoms with E-state index >= 15 is 0 Å². The van der Waals surface area contributed by atoms with Gasteiger partial charge in [-0.25, -0.2) is 4.98 Å². The van der Waals surface area contributed by atoms with Crippen LogP contribution in [0.15, 0.2) is 24.5 Å². The average molecular weight is 362 g/mol. The topological polar surface area (TPSA) is 84.2 Å². The maximum absolute atomic E-state index is 9.98. The number of aromatic nitrogens is 2. The lowest BCUT2D eigenvalue weighted by atomic mass is 10.1. The van der Waals surface area contributed by atoms with E-state index in [-0.39, 0.29) is 24.9 Å². The summed E-state index contributed by atoms with van der Waals surface area (Å²) in [5, 5.41) is 9.98. The second kappa shape index (κ2) is 6.79. The molecule has 4 atom stereocenters. The molecule has 8 heteroatoms. The van der Waals surface area contributed by atoms with Gasteiger partial charge in [-0.3, -0.25) is 0 Å². The maximum atomic E-state index is 9.98. The first-order valence-electron chi connectivity index (χ1n) is 8.43. The summed E-state index contributed by atoms with van der Waals surface area (Å²) in [5.74, 6) is 2.34. The number of methoxy groups -OCH3 is 3. The van der Waals surface area contributed by atoms with Gasteiger partial charge in [0.15, 0.2) is 11.5 Å². The second-order valence-electron chi connectivity index (χ2n) is 6.27. The molecular formula is C18H22N2O6. The van der Waals surface area contributed by atoms with E-state index in [1.807, 2.05) is 22.9 Å². The third-order valence-corrected chi connectivity index (χ3v) is 4.97. The Bertz CT molecular complexity index is 792. The van der Waals surface area contributed by atoms with Crippen molar-refractivity contribution < 1.29 is 28.8 Å². The monoisotopic (exact) mass is 362 g/mol. The Morgan fingerprint density at radius 1 is 1.04 bits per heavy atom. The standard InChI is InChI=1S/C18H22N2O6/c1-22-13-5-4-10(14(23-2)17(13)24-3)18-19-6-7-20(18)11-8-25-16-12(21)9-26-15(11)16/h4-7,11-12,15-16,21H,8-9H2,1-3H3/t11-,12-,15-,16-/m1/s1. The number of ether oxygens (including phenoxy) is 5. The number of fused-ring (bicyclic) bond motifs is 1. The summed E-state index contributed by atoms with van der Waals surface area (Å²) < 4.78 is 29.9. The van der Waals surface area contributed by atoms with Crippen LogP contribution in [-0.2, 0) is 9.47 Å². The molecule has 0 amide bonds. The van der Waals surface area contributed by atoms with Gasteiger partial charge in [0.05, 0.1) is 46.1 Å². The summed E-state index contributed by atoms with van der Waals surface area (Å²) in [6.45, 7) is 0.737. The fourth-order valence-electron chi connectivity index (χ4n) is 3.76. The molecule has 0 unspecified atom stereocenters. The fourth-order valence-corrected chi connectivity index (χ4v) is 3.76. The van der Waals surface area contributed by atoms with Crippen LogP contribution < -0.4 is 14.2 Å². The first kappa shape index (κ1) is 17.1. The average Bonchev–Trinajstić information content (AvgIpc) is 3.37. The molecule has 3 heterocycles. The summed E-state index contributed by atoms with van der Waals surface area (Å²) in [6, 6.07) is 3.63. The number of hydrogen-bond donors (Lipinski definition) is 1. The van der Waals surface area contributed by atoms with Crippen LogP contribution in [0.3, 0.4) is 0 Å². The van der Waals surface area contributed by atoms with Crippen LogP contribution in [0.1, 0.15) is 6.04 Å². The lowest BCUT2D eigenvalue weighted by Gasteiger charge is -2.21. The third kappa shape index (κ3) is 2.53. The first-order valence-corrected chi connectivity index (χ1v) is 8.43. The van der Waals surface area contributed by atoms with Crippen LogP contribution in [0.4, 0.5) is 0 Å². The van der Waals surface area contributed by atoms with Crippen molar-refractivity contribution in [3.8, 4) is 28.6 Å². The molecule has 2 aliphatic heterocycles. The van der Waals surface area contributed by atoms with E-state index < -0.39 is 6.10 Å². The highest BCUT2D eigenvalue weighted by Gasteiger charge is 2.48. The summed E-state index contributed by atoms with van der Waals surface area (Å²) in [6.07, 6.45) is 2.51. The normalized spacial score (nSPS) is 27.4. The third-order valence-electron chi connectivity index (χ3n) is 4.97. The minimum absolute atomic E-state index is 0.0764. The van der Waals surface area contributed by atoms with Gasteiger partial charge in [0.25, 0.3) is 0 Å². The van der Waals surface area contributed by atoms with Crippen molar-refractivity contribution in [3.05, 3.63) is 24.5 Å². The molecule has 2 fully saturated rings. The van der Waals surface area contributed by atoms with Gasteiger partial charge >= 0.3 is 0 Å². The molecular weight excluding hydrogens is 340 g/mol. The predicted molar refractivity (Wildman–Crippen MR) is 91.8 cm³/mol. The van der Waals surface area contributed by atoms with Crippen molar-refractivity contribution in [2.45, 2.75) is 24.4 Å². The van der Waals surface area contributed by atoms with Gasteiger partial charge in [0.2, 0.25) is 5.75 Å². The number of imidazole rings is 1. The molecule has 140 valence electrons. The van der Waals surface area contributed by atoms with E-state index in [2.05, 4.69) is 4.98 Å². The summed E-state index contributed by atoms with van der Waals surface area (Å²) >= 11 is 0. The minimum Gasteiger partial charge on any atom is -0.493 e. The fraction of sp³-hybridized carbons (Fsp3) is 0.500. The van der Waals surface area contributed by atoms with Gasteiger partial charge in [0, 0.05) is 12.4 Å². The van der Waals surface area contributed by atoms with Crippen molar-refractivity contribution in [3.63, 3.8) is 0 Å². The number of nitrogens with zero attached hydrogens (tertiary/aromatic N) is 2. The Morgan fingerprint density at radius 2 is 1.81 bits per heavy atom. The van der Waals surface area contributed by atoms with E-state index in [1.54, 1.807) is 27.5 Å². The number of rotatable bonds is 5. The van der Waals surface area contributed by atoms with Crippen molar-refractivity contribution >= 4 is 0 Å². The zero-order chi connectivity index (χ0) is 18.3. The van der Waals surface area contributed by atoms with Crippen LogP contribution in [0.25, 0.3) is 11.4 Å². The second-order valence-corrected chi connectivity index (χ2v) is 6.27. The van der Waals surface area contributed by atoms with Crippen molar-refractivity contribution in [2.24, 2.45) is 0 Å². The summed E-state index contributed by atoms with van der Waals surface area (Å²) in [7, 11) is 4.73. The largest absolute Gasteiger partial charge is 0.493 e. The molecule has 2 saturated heterocycles. The summed E-state index contributed by atoms with van der Waals surface area (Å²) in [4.78, 5) is 4.52. The quantitative estimate of drug-likeness (QED) is 0.858. The highest BCUT2D eigenvalue weighted by molar-refractivity contribution is 5.72. The highest BCUT2D eigenvalue weighted by atomic mass is 16.6. The SMILES string of the molecule is COc1ccc(-c2nccn2[C@@H]2CO[C@H]3[C@@H]2OC[C@H]3O)c(OC)c1OC. The molecule has 4 rings (SSSR count). The Morgan fingerprint density at radius 3 is 2.54 bits per heavy atom. The molecule has 0 spiro atoms. The van der Waals surface area contributed by atoms with Gasteiger partial charge in [-0.05, 0) is 12.1 Å². The van der Waals surface area contributed by atoms with E-state index in [0.29, 0.717) is 29.7 Å². The highest BCUT2D eigenvalue weighted by Crippen LogP contribution is 2.45. The summed E-state index contributed by atoms with van der Waals surface area (Å²) in [5.41, 5.74) is 0.775. The molecule has 0 bridgehead atoms.